The summed E-state index contributed by atoms with van der Waals surface area (Å²) in [5.74, 6) is -1.31. The lowest BCUT2D eigenvalue weighted by atomic mass is 9.97. The topological polar surface area (TPSA) is 95.2 Å². The van der Waals surface area contributed by atoms with Crippen molar-refractivity contribution >= 4 is 28.6 Å². The maximum atomic E-state index is 12.6. The first-order chi connectivity index (χ1) is 9.89. The molecule has 1 saturated heterocycles. The molecular formula is C14H14N4O3. The van der Waals surface area contributed by atoms with Crippen LogP contribution in [0, 0.1) is 0 Å². The Morgan fingerprint density at radius 1 is 1.33 bits per heavy atom. The second-order valence-corrected chi connectivity index (χ2v) is 5.50. The van der Waals surface area contributed by atoms with Crippen molar-refractivity contribution in [1.29, 1.82) is 0 Å². The van der Waals surface area contributed by atoms with Crippen LogP contribution in [0.25, 0.3) is 10.9 Å². The summed E-state index contributed by atoms with van der Waals surface area (Å²) < 4.78 is 0. The van der Waals surface area contributed by atoms with Crippen LogP contribution in [-0.2, 0) is 9.59 Å². The molecule has 7 heteroatoms. The Bertz CT molecular complexity index is 762. The molecule has 1 fully saturated rings. The number of aromatic nitrogens is 2. The molecule has 0 unspecified atom stereocenters. The number of nitrogens with one attached hydrogen (secondary N) is 2. The van der Waals surface area contributed by atoms with Crippen LogP contribution in [0.2, 0.25) is 0 Å². The van der Waals surface area contributed by atoms with E-state index in [1.807, 2.05) is 0 Å². The molecule has 108 valence electrons. The average molecular weight is 286 g/mol. The molecule has 0 radical (unpaired) electrons. The van der Waals surface area contributed by atoms with Gasteiger partial charge in [-0.15, -0.1) is 0 Å². The predicted octanol–water partition coefficient (Wildman–Crippen LogP) is 0.440. The SMILES string of the molecule is CC1(C)C(=O)NC(=O)CN1C(=O)c1ccc2[nH]ncc2c1. The van der Waals surface area contributed by atoms with E-state index in [1.54, 1.807) is 38.2 Å². The molecule has 1 aliphatic rings. The summed E-state index contributed by atoms with van der Waals surface area (Å²) in [5, 5.41) is 9.74. The molecule has 1 aromatic heterocycles. The molecule has 3 amide bonds. The highest BCUT2D eigenvalue weighted by Crippen LogP contribution is 2.22. The Morgan fingerprint density at radius 2 is 2.10 bits per heavy atom. The zero-order valence-corrected chi connectivity index (χ0v) is 11.6. The minimum absolute atomic E-state index is 0.138. The summed E-state index contributed by atoms with van der Waals surface area (Å²) >= 11 is 0. The van der Waals surface area contributed by atoms with Crippen molar-refractivity contribution in [1.82, 2.24) is 20.4 Å². The molecule has 7 nitrogen and oxygen atoms in total. The highest BCUT2D eigenvalue weighted by atomic mass is 16.2. The fourth-order valence-corrected chi connectivity index (χ4v) is 2.34. The number of benzene rings is 1. The van der Waals surface area contributed by atoms with E-state index in [2.05, 4.69) is 15.5 Å². The van der Waals surface area contributed by atoms with E-state index < -0.39 is 17.4 Å². The molecule has 0 spiro atoms. The van der Waals surface area contributed by atoms with Crippen LogP contribution < -0.4 is 5.32 Å². The number of fused-ring (bicyclic) bond motifs is 1. The summed E-state index contributed by atoms with van der Waals surface area (Å²) in [4.78, 5) is 37.4. The Balaban J connectivity index is 1.99. The number of aromatic amines is 1. The van der Waals surface area contributed by atoms with E-state index in [0.29, 0.717) is 5.56 Å². The van der Waals surface area contributed by atoms with E-state index in [0.717, 1.165) is 10.9 Å². The smallest absolute Gasteiger partial charge is 0.255 e. The summed E-state index contributed by atoms with van der Waals surface area (Å²) in [6.45, 7) is 3.09. The fourth-order valence-electron chi connectivity index (χ4n) is 2.34. The van der Waals surface area contributed by atoms with Crippen LogP contribution in [0.1, 0.15) is 24.2 Å². The molecule has 0 atom stereocenters. The van der Waals surface area contributed by atoms with E-state index >= 15 is 0 Å². The first kappa shape index (κ1) is 13.3. The second-order valence-electron chi connectivity index (χ2n) is 5.50. The molecule has 0 saturated carbocycles. The quantitative estimate of drug-likeness (QED) is 0.744. The second kappa shape index (κ2) is 4.41. The van der Waals surface area contributed by atoms with Crippen LogP contribution >= 0.6 is 0 Å². The van der Waals surface area contributed by atoms with Crippen molar-refractivity contribution in [2.75, 3.05) is 6.54 Å². The summed E-state index contributed by atoms with van der Waals surface area (Å²) in [7, 11) is 0. The van der Waals surface area contributed by atoms with Gasteiger partial charge in [-0.05, 0) is 32.0 Å². The van der Waals surface area contributed by atoms with Gasteiger partial charge in [0.25, 0.3) is 11.8 Å². The molecule has 1 aliphatic heterocycles. The molecular weight excluding hydrogens is 272 g/mol. The highest BCUT2D eigenvalue weighted by molar-refractivity contribution is 6.09. The monoisotopic (exact) mass is 286 g/mol. The van der Waals surface area contributed by atoms with Crippen LogP contribution in [0.4, 0.5) is 0 Å². The number of piperazine rings is 1. The maximum absolute atomic E-state index is 12.6. The lowest BCUT2D eigenvalue weighted by molar-refractivity contribution is -0.143. The van der Waals surface area contributed by atoms with Gasteiger partial charge in [-0.1, -0.05) is 0 Å². The van der Waals surface area contributed by atoms with Crippen LogP contribution in [0.15, 0.2) is 24.4 Å². The molecule has 3 rings (SSSR count). The standard InChI is InChI=1S/C14H14N4O3/c1-14(2)13(21)16-11(19)7-18(14)12(20)8-3-4-10-9(5-8)6-15-17-10/h3-6H,7H2,1-2H3,(H,15,17)(H,16,19,21). The first-order valence-electron chi connectivity index (χ1n) is 6.49. The van der Waals surface area contributed by atoms with E-state index in [4.69, 9.17) is 0 Å². The minimum Gasteiger partial charge on any atom is -0.315 e. The van der Waals surface area contributed by atoms with Crippen molar-refractivity contribution < 1.29 is 14.4 Å². The number of imide groups is 1. The first-order valence-corrected chi connectivity index (χ1v) is 6.49. The van der Waals surface area contributed by atoms with Gasteiger partial charge >= 0.3 is 0 Å². The van der Waals surface area contributed by atoms with Gasteiger partial charge in [0.1, 0.15) is 12.1 Å². The highest BCUT2D eigenvalue weighted by Gasteiger charge is 2.43. The van der Waals surface area contributed by atoms with Gasteiger partial charge in [-0.25, -0.2) is 0 Å². The molecule has 2 aromatic rings. The number of hydrogen-bond donors (Lipinski definition) is 2. The average Bonchev–Trinajstić information content (AvgIpc) is 2.89. The Morgan fingerprint density at radius 3 is 2.86 bits per heavy atom. The lowest BCUT2D eigenvalue weighted by Crippen LogP contribution is -2.65. The molecule has 1 aromatic carbocycles. The van der Waals surface area contributed by atoms with E-state index in [1.165, 1.54) is 4.90 Å². The molecule has 21 heavy (non-hydrogen) atoms. The van der Waals surface area contributed by atoms with Gasteiger partial charge in [0.2, 0.25) is 5.91 Å². The third kappa shape index (κ3) is 2.06. The zero-order chi connectivity index (χ0) is 15.2. The molecule has 2 heterocycles. The van der Waals surface area contributed by atoms with Gasteiger partial charge in [0.05, 0.1) is 11.7 Å². The van der Waals surface area contributed by atoms with Crippen molar-refractivity contribution in [3.8, 4) is 0 Å². The van der Waals surface area contributed by atoms with Crippen molar-refractivity contribution in [3.63, 3.8) is 0 Å². The fraction of sp³-hybridized carbons (Fsp3) is 0.286. The zero-order valence-electron chi connectivity index (χ0n) is 11.6. The Labute approximate surface area is 120 Å². The predicted molar refractivity (Wildman–Crippen MR) is 74.4 cm³/mol. The van der Waals surface area contributed by atoms with E-state index in [-0.39, 0.29) is 12.5 Å². The summed E-state index contributed by atoms with van der Waals surface area (Å²) in [6.07, 6.45) is 1.62. The third-order valence-electron chi connectivity index (χ3n) is 3.72. The number of carbonyl (C=O) groups is 3. The van der Waals surface area contributed by atoms with Gasteiger partial charge in [0.15, 0.2) is 0 Å². The lowest BCUT2D eigenvalue weighted by Gasteiger charge is -2.40. The maximum Gasteiger partial charge on any atom is 0.255 e. The largest absolute Gasteiger partial charge is 0.315 e. The number of rotatable bonds is 1. The van der Waals surface area contributed by atoms with Crippen LogP contribution in [0.5, 0.6) is 0 Å². The number of hydrogen-bond acceptors (Lipinski definition) is 4. The molecule has 0 bridgehead atoms. The van der Waals surface area contributed by atoms with Crippen molar-refractivity contribution in [2.45, 2.75) is 19.4 Å². The third-order valence-corrected chi connectivity index (χ3v) is 3.72. The summed E-state index contributed by atoms with van der Waals surface area (Å²) in [5.41, 5.74) is 0.161. The van der Waals surface area contributed by atoms with Gasteiger partial charge < -0.3 is 4.90 Å². The number of amides is 3. The van der Waals surface area contributed by atoms with E-state index in [9.17, 15) is 14.4 Å². The number of carbonyl (C=O) groups excluding carboxylic acids is 3. The normalized spacial score (nSPS) is 17.9. The Kier molecular flexibility index (Phi) is 2.79. The van der Waals surface area contributed by atoms with Gasteiger partial charge in [0, 0.05) is 10.9 Å². The summed E-state index contributed by atoms with van der Waals surface area (Å²) in [6, 6.07) is 5.08. The minimum atomic E-state index is -1.07. The number of H-pyrrole nitrogens is 1. The molecule has 0 aliphatic carbocycles. The van der Waals surface area contributed by atoms with Crippen LogP contribution in [-0.4, -0.2) is 44.9 Å². The van der Waals surface area contributed by atoms with Crippen LogP contribution in [0.3, 0.4) is 0 Å². The molecule has 2 N–H and O–H groups in total. The van der Waals surface area contributed by atoms with Gasteiger partial charge in [-0.2, -0.15) is 5.10 Å². The van der Waals surface area contributed by atoms with Crippen molar-refractivity contribution in [3.05, 3.63) is 30.0 Å². The van der Waals surface area contributed by atoms with Crippen molar-refractivity contribution in [2.24, 2.45) is 0 Å². The Hall–Kier alpha value is -2.70. The van der Waals surface area contributed by atoms with Gasteiger partial charge in [-0.3, -0.25) is 24.8 Å². The number of nitrogens with zero attached hydrogens (tertiary/aromatic N) is 2.